The van der Waals surface area contributed by atoms with Gasteiger partial charge >= 0.3 is 0 Å². The number of nitrogens with zero attached hydrogens (tertiary/aromatic N) is 1. The van der Waals surface area contributed by atoms with Crippen LogP contribution >= 0.6 is 0 Å². The van der Waals surface area contributed by atoms with E-state index in [1.54, 1.807) is 0 Å². The molecule has 2 aromatic rings. The normalized spacial score (nSPS) is 19.0. The fourth-order valence-electron chi connectivity index (χ4n) is 3.07. The molecule has 1 aliphatic heterocycles. The summed E-state index contributed by atoms with van der Waals surface area (Å²) in [6, 6.07) is 20.1. The number of benzene rings is 2. The SMILES string of the molecule is Cc1cccc(CN[C@H]2CCN(Cc3ccccc3)C2)c1. The molecule has 1 N–H and O–H groups in total. The van der Waals surface area contributed by atoms with Crippen LogP contribution in [0.1, 0.15) is 23.1 Å². The molecule has 3 rings (SSSR count). The van der Waals surface area contributed by atoms with E-state index >= 15 is 0 Å². The summed E-state index contributed by atoms with van der Waals surface area (Å²) in [6.07, 6.45) is 1.25. The Morgan fingerprint density at radius 3 is 2.67 bits per heavy atom. The maximum Gasteiger partial charge on any atom is 0.0234 e. The third-order valence-electron chi connectivity index (χ3n) is 4.20. The molecule has 2 heteroatoms. The van der Waals surface area contributed by atoms with Gasteiger partial charge in [0.05, 0.1) is 0 Å². The van der Waals surface area contributed by atoms with Gasteiger partial charge in [-0.05, 0) is 24.5 Å². The van der Waals surface area contributed by atoms with Gasteiger partial charge in [-0.15, -0.1) is 0 Å². The highest BCUT2D eigenvalue weighted by atomic mass is 15.2. The predicted octanol–water partition coefficient (Wildman–Crippen LogP) is 3.36. The van der Waals surface area contributed by atoms with E-state index in [1.165, 1.54) is 29.7 Å². The molecule has 1 fully saturated rings. The van der Waals surface area contributed by atoms with E-state index in [1.807, 2.05) is 0 Å². The van der Waals surface area contributed by atoms with Crippen molar-refractivity contribution in [1.29, 1.82) is 0 Å². The number of likely N-dealkylation sites (tertiary alicyclic amines) is 1. The highest BCUT2D eigenvalue weighted by Gasteiger charge is 2.21. The quantitative estimate of drug-likeness (QED) is 0.903. The Bertz CT molecular complexity index is 565. The van der Waals surface area contributed by atoms with Crippen molar-refractivity contribution in [3.8, 4) is 0 Å². The van der Waals surface area contributed by atoms with Crippen LogP contribution in [0.25, 0.3) is 0 Å². The summed E-state index contributed by atoms with van der Waals surface area (Å²) >= 11 is 0. The zero-order valence-electron chi connectivity index (χ0n) is 12.8. The Balaban J connectivity index is 1.46. The number of hydrogen-bond acceptors (Lipinski definition) is 2. The van der Waals surface area contributed by atoms with Crippen LogP contribution in [0.15, 0.2) is 54.6 Å². The van der Waals surface area contributed by atoms with Gasteiger partial charge in [-0.3, -0.25) is 4.90 Å². The van der Waals surface area contributed by atoms with Crippen LogP contribution in [0.3, 0.4) is 0 Å². The maximum absolute atomic E-state index is 3.70. The number of nitrogens with one attached hydrogen (secondary N) is 1. The van der Waals surface area contributed by atoms with E-state index in [-0.39, 0.29) is 0 Å². The minimum absolute atomic E-state index is 0.620. The second kappa shape index (κ2) is 6.88. The van der Waals surface area contributed by atoms with Crippen molar-refractivity contribution in [2.45, 2.75) is 32.5 Å². The molecule has 0 unspecified atom stereocenters. The lowest BCUT2D eigenvalue weighted by molar-refractivity contribution is 0.320. The lowest BCUT2D eigenvalue weighted by atomic mass is 10.1. The van der Waals surface area contributed by atoms with Crippen molar-refractivity contribution in [2.24, 2.45) is 0 Å². The van der Waals surface area contributed by atoms with Crippen LogP contribution in [0.2, 0.25) is 0 Å². The maximum atomic E-state index is 3.70. The summed E-state index contributed by atoms with van der Waals surface area (Å²) < 4.78 is 0. The Morgan fingerprint density at radius 1 is 1.05 bits per heavy atom. The molecule has 0 spiro atoms. The van der Waals surface area contributed by atoms with Crippen molar-refractivity contribution in [1.82, 2.24) is 10.2 Å². The van der Waals surface area contributed by atoms with Gasteiger partial charge < -0.3 is 5.32 Å². The fourth-order valence-corrected chi connectivity index (χ4v) is 3.07. The zero-order chi connectivity index (χ0) is 14.5. The van der Waals surface area contributed by atoms with Crippen LogP contribution in [0.4, 0.5) is 0 Å². The van der Waals surface area contributed by atoms with Gasteiger partial charge in [0.1, 0.15) is 0 Å². The molecule has 0 aliphatic carbocycles. The Hall–Kier alpha value is -1.64. The number of hydrogen-bond donors (Lipinski definition) is 1. The molecule has 1 saturated heterocycles. The molecule has 0 amide bonds. The topological polar surface area (TPSA) is 15.3 Å². The van der Waals surface area contributed by atoms with E-state index < -0.39 is 0 Å². The van der Waals surface area contributed by atoms with E-state index in [4.69, 9.17) is 0 Å². The highest BCUT2D eigenvalue weighted by molar-refractivity contribution is 5.22. The molecule has 0 bridgehead atoms. The highest BCUT2D eigenvalue weighted by Crippen LogP contribution is 2.14. The first kappa shape index (κ1) is 14.3. The van der Waals surface area contributed by atoms with Gasteiger partial charge in [0.2, 0.25) is 0 Å². The summed E-state index contributed by atoms with van der Waals surface area (Å²) in [7, 11) is 0. The van der Waals surface area contributed by atoms with Crippen LogP contribution < -0.4 is 5.32 Å². The van der Waals surface area contributed by atoms with Gasteiger partial charge in [0.25, 0.3) is 0 Å². The second-order valence-electron chi connectivity index (χ2n) is 6.08. The second-order valence-corrected chi connectivity index (χ2v) is 6.08. The van der Waals surface area contributed by atoms with Gasteiger partial charge in [0.15, 0.2) is 0 Å². The summed E-state index contributed by atoms with van der Waals surface area (Å²) in [5, 5.41) is 3.70. The fraction of sp³-hybridized carbons (Fsp3) is 0.368. The molecule has 1 heterocycles. The average Bonchev–Trinajstić information content (AvgIpc) is 2.94. The van der Waals surface area contributed by atoms with Gasteiger partial charge in [-0.25, -0.2) is 0 Å². The molecular weight excluding hydrogens is 256 g/mol. The molecule has 1 aliphatic rings. The van der Waals surface area contributed by atoms with Crippen LogP contribution in [0, 0.1) is 6.92 Å². The Morgan fingerprint density at radius 2 is 1.86 bits per heavy atom. The predicted molar refractivity (Wildman–Crippen MR) is 88.1 cm³/mol. The molecular formula is C19H24N2. The molecule has 0 saturated carbocycles. The van der Waals surface area contributed by atoms with Crippen molar-refractivity contribution >= 4 is 0 Å². The molecule has 1 atom stereocenters. The van der Waals surface area contributed by atoms with Gasteiger partial charge in [-0.1, -0.05) is 60.2 Å². The molecule has 110 valence electrons. The first-order chi connectivity index (χ1) is 10.3. The van der Waals surface area contributed by atoms with Crippen LogP contribution in [-0.4, -0.2) is 24.0 Å². The lowest BCUT2D eigenvalue weighted by Gasteiger charge is -2.17. The first-order valence-corrected chi connectivity index (χ1v) is 7.85. The van der Waals surface area contributed by atoms with E-state index in [2.05, 4.69) is 71.7 Å². The van der Waals surface area contributed by atoms with Crippen molar-refractivity contribution in [3.63, 3.8) is 0 Å². The van der Waals surface area contributed by atoms with Crippen LogP contribution in [0.5, 0.6) is 0 Å². The molecule has 2 aromatic carbocycles. The molecule has 0 aromatic heterocycles. The smallest absolute Gasteiger partial charge is 0.0234 e. The molecule has 2 nitrogen and oxygen atoms in total. The number of aryl methyl sites for hydroxylation is 1. The standard InChI is InChI=1S/C19H24N2/c1-16-6-5-9-18(12-16)13-20-19-10-11-21(15-19)14-17-7-3-2-4-8-17/h2-9,12,19-20H,10-11,13-15H2,1H3/t19-/m0/s1. The summed E-state index contributed by atoms with van der Waals surface area (Å²) in [5.74, 6) is 0. The zero-order valence-corrected chi connectivity index (χ0v) is 12.8. The summed E-state index contributed by atoms with van der Waals surface area (Å²) in [4.78, 5) is 2.54. The van der Waals surface area contributed by atoms with Gasteiger partial charge in [0, 0.05) is 32.2 Å². The van der Waals surface area contributed by atoms with Crippen molar-refractivity contribution in [2.75, 3.05) is 13.1 Å². The van der Waals surface area contributed by atoms with Gasteiger partial charge in [-0.2, -0.15) is 0 Å². The monoisotopic (exact) mass is 280 g/mol. The van der Waals surface area contributed by atoms with Crippen molar-refractivity contribution in [3.05, 3.63) is 71.3 Å². The van der Waals surface area contributed by atoms with Crippen molar-refractivity contribution < 1.29 is 0 Å². The summed E-state index contributed by atoms with van der Waals surface area (Å²) in [6.45, 7) is 6.55. The first-order valence-electron chi connectivity index (χ1n) is 7.85. The molecule has 21 heavy (non-hydrogen) atoms. The Labute approximate surface area is 127 Å². The largest absolute Gasteiger partial charge is 0.309 e. The minimum atomic E-state index is 0.620. The average molecular weight is 280 g/mol. The van der Waals surface area contributed by atoms with E-state index in [0.717, 1.165) is 19.6 Å². The number of rotatable bonds is 5. The van der Waals surface area contributed by atoms with E-state index in [9.17, 15) is 0 Å². The lowest BCUT2D eigenvalue weighted by Crippen LogP contribution is -2.31. The van der Waals surface area contributed by atoms with Crippen LogP contribution in [-0.2, 0) is 13.1 Å². The summed E-state index contributed by atoms with van der Waals surface area (Å²) in [5.41, 5.74) is 4.14. The third kappa shape index (κ3) is 4.16. The van der Waals surface area contributed by atoms with E-state index in [0.29, 0.717) is 6.04 Å². The minimum Gasteiger partial charge on any atom is -0.309 e. The Kier molecular flexibility index (Phi) is 4.69. The molecule has 0 radical (unpaired) electrons. The third-order valence-corrected chi connectivity index (χ3v) is 4.20.